The summed E-state index contributed by atoms with van der Waals surface area (Å²) in [6, 6.07) is 11.2. The number of rotatable bonds is 7. The van der Waals surface area contributed by atoms with Crippen LogP contribution in [0.15, 0.2) is 42.6 Å². The first-order valence-corrected chi connectivity index (χ1v) is 11.5. The zero-order chi connectivity index (χ0) is 23.5. The van der Waals surface area contributed by atoms with Crippen molar-refractivity contribution in [2.75, 3.05) is 45.3 Å². The van der Waals surface area contributed by atoms with Crippen LogP contribution in [0, 0.1) is 5.92 Å². The molecule has 5 rings (SSSR count). The zero-order valence-electron chi connectivity index (χ0n) is 19.1. The highest BCUT2D eigenvalue weighted by molar-refractivity contribution is 5.95. The Labute approximate surface area is 197 Å². The van der Waals surface area contributed by atoms with Crippen LogP contribution in [-0.2, 0) is 4.79 Å². The van der Waals surface area contributed by atoms with E-state index >= 15 is 0 Å². The molecule has 178 valence electrons. The van der Waals surface area contributed by atoms with Gasteiger partial charge in [-0.15, -0.1) is 5.10 Å². The van der Waals surface area contributed by atoms with Crippen LogP contribution in [0.5, 0.6) is 17.4 Å². The number of aliphatic hydroxyl groups excluding tert-OH is 1. The molecular weight excluding hydrogens is 436 g/mol. The third-order valence-corrected chi connectivity index (χ3v) is 6.45. The van der Waals surface area contributed by atoms with E-state index in [2.05, 4.69) is 20.4 Å². The van der Waals surface area contributed by atoms with Crippen LogP contribution >= 0.6 is 0 Å². The largest absolute Gasteiger partial charge is 0.497 e. The Hall–Kier alpha value is -3.43. The molecule has 0 radical (unpaired) electrons. The van der Waals surface area contributed by atoms with E-state index in [9.17, 15) is 9.90 Å². The molecule has 0 saturated carbocycles. The molecule has 1 aromatic heterocycles. The highest BCUT2D eigenvalue weighted by Gasteiger charge is 2.24. The predicted octanol–water partition coefficient (Wildman–Crippen LogP) is 2.79. The Morgan fingerprint density at radius 3 is 2.91 bits per heavy atom. The number of piperidine rings is 1. The van der Waals surface area contributed by atoms with E-state index in [-0.39, 0.29) is 12.5 Å². The molecule has 0 spiro atoms. The Bertz CT molecular complexity index is 1180. The molecule has 9 nitrogen and oxygen atoms in total. The first-order chi connectivity index (χ1) is 16.6. The lowest BCUT2D eigenvalue weighted by Crippen LogP contribution is -2.38. The number of benzene rings is 2. The van der Waals surface area contributed by atoms with Gasteiger partial charge in [-0.3, -0.25) is 4.79 Å². The van der Waals surface area contributed by atoms with E-state index in [1.807, 2.05) is 24.3 Å². The van der Waals surface area contributed by atoms with Crippen molar-refractivity contribution in [3.63, 3.8) is 0 Å². The third kappa shape index (κ3) is 4.90. The molecule has 0 bridgehead atoms. The highest BCUT2D eigenvalue weighted by Crippen LogP contribution is 2.32. The number of hydrogen-bond donors (Lipinski definition) is 2. The van der Waals surface area contributed by atoms with E-state index in [0.717, 1.165) is 48.0 Å². The highest BCUT2D eigenvalue weighted by atomic mass is 16.5. The number of aliphatic hydroxyl groups is 1. The lowest BCUT2D eigenvalue weighted by Gasteiger charge is -2.33. The number of nitrogens with one attached hydrogen (secondary N) is 1. The van der Waals surface area contributed by atoms with Gasteiger partial charge in [-0.2, -0.15) is 5.10 Å². The number of nitrogens with zero attached hydrogens (tertiary/aromatic N) is 3. The fourth-order valence-electron chi connectivity index (χ4n) is 4.45. The van der Waals surface area contributed by atoms with Gasteiger partial charge in [0.25, 0.3) is 5.91 Å². The molecule has 3 heterocycles. The summed E-state index contributed by atoms with van der Waals surface area (Å²) in [5.74, 6) is 2.14. The first kappa shape index (κ1) is 22.4. The van der Waals surface area contributed by atoms with Gasteiger partial charge in [-0.1, -0.05) is 6.07 Å². The van der Waals surface area contributed by atoms with Crippen molar-refractivity contribution in [3.05, 3.63) is 48.2 Å². The second kappa shape index (κ2) is 9.82. The van der Waals surface area contributed by atoms with Crippen molar-refractivity contribution in [3.8, 4) is 17.4 Å². The van der Waals surface area contributed by atoms with Crippen LogP contribution in [0.3, 0.4) is 0 Å². The van der Waals surface area contributed by atoms with Crippen molar-refractivity contribution in [1.82, 2.24) is 15.1 Å². The minimum Gasteiger partial charge on any atom is -0.497 e. The van der Waals surface area contributed by atoms with Crippen LogP contribution in [0.2, 0.25) is 0 Å². The molecule has 9 heteroatoms. The maximum absolute atomic E-state index is 11.6. The minimum absolute atomic E-state index is 0.0226. The SMILES string of the molecule is COc1ccc2cnnc(OCC3CCN(CC(O)c4ccc5c(c4)NC(=O)CO5)CC3)c2c1. The maximum Gasteiger partial charge on any atom is 0.262 e. The monoisotopic (exact) mass is 464 g/mol. The number of aromatic nitrogens is 2. The van der Waals surface area contributed by atoms with Crippen molar-refractivity contribution < 1.29 is 24.1 Å². The second-order valence-corrected chi connectivity index (χ2v) is 8.77. The Morgan fingerprint density at radius 1 is 1.24 bits per heavy atom. The van der Waals surface area contributed by atoms with Crippen molar-refractivity contribution in [1.29, 1.82) is 0 Å². The second-order valence-electron chi connectivity index (χ2n) is 8.77. The maximum atomic E-state index is 11.6. The summed E-state index contributed by atoms with van der Waals surface area (Å²) in [7, 11) is 1.64. The molecule has 1 unspecified atom stereocenters. The van der Waals surface area contributed by atoms with E-state index in [1.165, 1.54) is 0 Å². The molecule has 1 atom stereocenters. The summed E-state index contributed by atoms with van der Waals surface area (Å²) in [5.41, 5.74) is 1.37. The lowest BCUT2D eigenvalue weighted by atomic mass is 9.97. The van der Waals surface area contributed by atoms with E-state index in [0.29, 0.717) is 36.4 Å². The van der Waals surface area contributed by atoms with Gasteiger partial charge in [0.15, 0.2) is 6.61 Å². The van der Waals surface area contributed by atoms with E-state index < -0.39 is 6.10 Å². The third-order valence-electron chi connectivity index (χ3n) is 6.45. The quantitative estimate of drug-likeness (QED) is 0.550. The summed E-state index contributed by atoms with van der Waals surface area (Å²) in [4.78, 5) is 13.8. The van der Waals surface area contributed by atoms with Crippen LogP contribution in [0.1, 0.15) is 24.5 Å². The normalized spacial score (nSPS) is 17.5. The topological polar surface area (TPSA) is 106 Å². The van der Waals surface area contributed by atoms with Crippen LogP contribution in [0.25, 0.3) is 10.8 Å². The van der Waals surface area contributed by atoms with Gasteiger partial charge in [0.2, 0.25) is 5.88 Å². The molecule has 1 amide bonds. The molecule has 2 N–H and O–H groups in total. The number of fused-ring (bicyclic) bond motifs is 2. The number of ether oxygens (including phenoxy) is 3. The van der Waals surface area contributed by atoms with Gasteiger partial charge >= 0.3 is 0 Å². The fourth-order valence-corrected chi connectivity index (χ4v) is 4.45. The first-order valence-electron chi connectivity index (χ1n) is 11.5. The summed E-state index contributed by atoms with van der Waals surface area (Å²) in [6.45, 7) is 2.90. The van der Waals surface area contributed by atoms with Crippen LogP contribution in [-0.4, -0.2) is 66.1 Å². The smallest absolute Gasteiger partial charge is 0.262 e. The molecule has 34 heavy (non-hydrogen) atoms. The molecule has 3 aromatic rings. The minimum atomic E-state index is -0.641. The van der Waals surface area contributed by atoms with Gasteiger partial charge < -0.3 is 29.5 Å². The average Bonchev–Trinajstić information content (AvgIpc) is 2.87. The van der Waals surface area contributed by atoms with E-state index in [4.69, 9.17) is 14.2 Å². The van der Waals surface area contributed by atoms with Crippen molar-refractivity contribution in [2.24, 2.45) is 5.92 Å². The average molecular weight is 465 g/mol. The van der Waals surface area contributed by atoms with Crippen LogP contribution in [0.4, 0.5) is 5.69 Å². The zero-order valence-corrected chi connectivity index (χ0v) is 19.1. The number of carbonyl (C=O) groups excluding carboxylic acids is 1. The van der Waals surface area contributed by atoms with Crippen molar-refractivity contribution in [2.45, 2.75) is 18.9 Å². The molecular formula is C25H28N4O5. The molecule has 1 saturated heterocycles. The van der Waals surface area contributed by atoms with Gasteiger partial charge in [0, 0.05) is 11.9 Å². The van der Waals surface area contributed by atoms with Gasteiger partial charge in [0.1, 0.15) is 11.5 Å². The standard InChI is InChI=1S/C25H28N4O5/c1-32-19-4-2-18-12-26-28-25(20(18)11-19)34-14-16-6-8-29(9-7-16)13-22(30)17-3-5-23-21(10-17)27-24(31)15-33-23/h2-5,10-12,16,22,30H,6-9,13-15H2,1H3,(H,27,31). The number of anilines is 1. The number of likely N-dealkylation sites (tertiary alicyclic amines) is 1. The molecule has 2 aromatic carbocycles. The van der Waals surface area contributed by atoms with Gasteiger partial charge in [-0.05, 0) is 67.7 Å². The number of methoxy groups -OCH3 is 1. The Balaban J connectivity index is 1.13. The van der Waals surface area contributed by atoms with Gasteiger partial charge in [-0.25, -0.2) is 0 Å². The van der Waals surface area contributed by atoms with Crippen LogP contribution < -0.4 is 19.5 Å². The molecule has 0 aliphatic carbocycles. The van der Waals surface area contributed by atoms with Gasteiger partial charge in [0.05, 0.1) is 37.1 Å². The molecule has 2 aliphatic rings. The number of amides is 1. The molecule has 2 aliphatic heterocycles. The number of β-amino-alcohol motifs (C(OH)–C–C–N with tert-alkyl or cyclic N) is 1. The van der Waals surface area contributed by atoms with Crippen molar-refractivity contribution >= 4 is 22.4 Å². The lowest BCUT2D eigenvalue weighted by molar-refractivity contribution is -0.118. The predicted molar refractivity (Wildman–Crippen MR) is 126 cm³/mol. The Kier molecular flexibility index (Phi) is 6.46. The number of carbonyl (C=O) groups is 1. The fraction of sp³-hybridized carbons (Fsp3) is 0.400. The molecule has 1 fully saturated rings. The summed E-state index contributed by atoms with van der Waals surface area (Å²) < 4.78 is 16.8. The summed E-state index contributed by atoms with van der Waals surface area (Å²) in [6.07, 6.45) is 3.03. The Morgan fingerprint density at radius 2 is 2.09 bits per heavy atom. The van der Waals surface area contributed by atoms with E-state index in [1.54, 1.807) is 25.4 Å². The summed E-state index contributed by atoms with van der Waals surface area (Å²) in [5, 5.41) is 23.6. The number of hydrogen-bond acceptors (Lipinski definition) is 8. The summed E-state index contributed by atoms with van der Waals surface area (Å²) >= 11 is 0.